The molecule has 0 saturated carbocycles. The van der Waals surface area contributed by atoms with E-state index in [2.05, 4.69) is 10.3 Å². The summed E-state index contributed by atoms with van der Waals surface area (Å²) in [6.45, 7) is 7.42. The molecule has 0 spiro atoms. The average molecular weight is 786 g/mol. The van der Waals surface area contributed by atoms with Crippen molar-refractivity contribution in [2.45, 2.75) is 78.3 Å². The minimum atomic E-state index is -4.20. The summed E-state index contributed by atoms with van der Waals surface area (Å²) in [6, 6.07) is 20.3. The summed E-state index contributed by atoms with van der Waals surface area (Å²) < 4.78 is 58.3. The third-order valence-electron chi connectivity index (χ3n) is 10.1. The first kappa shape index (κ1) is 38.8. The molecule has 2 aliphatic rings. The van der Waals surface area contributed by atoms with E-state index in [9.17, 15) is 23.3 Å². The van der Waals surface area contributed by atoms with Crippen molar-refractivity contribution in [1.82, 2.24) is 19.3 Å². The molecule has 4 aromatic carbocycles. The molecule has 15 nitrogen and oxygen atoms in total. The summed E-state index contributed by atoms with van der Waals surface area (Å²) in [6.07, 6.45) is 2.85. The molecule has 1 fully saturated rings. The van der Waals surface area contributed by atoms with Crippen LogP contribution in [0.3, 0.4) is 0 Å². The van der Waals surface area contributed by atoms with Crippen molar-refractivity contribution in [2.75, 3.05) is 19.8 Å². The van der Waals surface area contributed by atoms with Gasteiger partial charge in [0.05, 0.1) is 36.6 Å². The van der Waals surface area contributed by atoms with Crippen LogP contribution in [0.1, 0.15) is 71.9 Å². The Kier molecular flexibility index (Phi) is 11.6. The zero-order valence-electron chi connectivity index (χ0n) is 31.4. The standard InChI is InChI=1S/C40H43N5O10S/c1-4-51-38(46)23-33(32-15-16-35-40(27(32)3)41-42-44(35)18-20-53-39-11-7-8-19-52-39)28-13-12-26(2)29(21-28)24-43-25-30-22-31(14-17-36(30)55-56(43,49)50)54-37-10-6-5-9-34(37)45(47)48/h5-6,9-10,12-17,21-22,33,39H,4,7-8,11,18-20,23-25H2,1-3H3. The number of hydrogen-bond donors (Lipinski definition) is 0. The Labute approximate surface area is 324 Å². The van der Waals surface area contributed by atoms with Gasteiger partial charge in [0.25, 0.3) is 0 Å². The van der Waals surface area contributed by atoms with Gasteiger partial charge in [-0.15, -0.1) is 5.10 Å². The third-order valence-corrected chi connectivity index (χ3v) is 11.4. The molecular weight excluding hydrogens is 743 g/mol. The fourth-order valence-electron chi connectivity index (χ4n) is 7.12. The molecule has 5 aromatic rings. The van der Waals surface area contributed by atoms with Crippen LogP contribution in [-0.2, 0) is 48.9 Å². The van der Waals surface area contributed by atoms with Gasteiger partial charge < -0.3 is 23.1 Å². The number of para-hydroxylation sites is 2. The van der Waals surface area contributed by atoms with Crippen LogP contribution in [-0.4, -0.2) is 64.7 Å². The Balaban J connectivity index is 1.14. The highest BCUT2D eigenvalue weighted by atomic mass is 32.2. The Morgan fingerprint density at radius 1 is 1.07 bits per heavy atom. The lowest BCUT2D eigenvalue weighted by Gasteiger charge is -2.29. The number of carbonyl (C=O) groups excluding carboxylic acids is 1. The minimum absolute atomic E-state index is 0.0247. The number of benzene rings is 4. The van der Waals surface area contributed by atoms with Gasteiger partial charge in [-0.05, 0) is 98.2 Å². The summed E-state index contributed by atoms with van der Waals surface area (Å²) in [5.41, 5.74) is 5.95. The Morgan fingerprint density at radius 2 is 1.91 bits per heavy atom. The number of ether oxygens (including phenoxy) is 4. The van der Waals surface area contributed by atoms with Crippen LogP contribution in [0.15, 0.2) is 72.8 Å². The molecule has 0 aliphatic carbocycles. The minimum Gasteiger partial charge on any atom is -0.466 e. The van der Waals surface area contributed by atoms with E-state index >= 15 is 0 Å². The molecule has 0 N–H and O–H groups in total. The predicted molar refractivity (Wildman–Crippen MR) is 204 cm³/mol. The number of rotatable bonds is 14. The van der Waals surface area contributed by atoms with Crippen molar-refractivity contribution in [2.24, 2.45) is 0 Å². The van der Waals surface area contributed by atoms with E-state index < -0.39 is 21.1 Å². The number of aromatic nitrogens is 3. The van der Waals surface area contributed by atoms with Crippen molar-refractivity contribution in [3.63, 3.8) is 0 Å². The average Bonchev–Trinajstić information content (AvgIpc) is 3.60. The number of carbonyl (C=O) groups is 1. The highest BCUT2D eigenvalue weighted by Crippen LogP contribution is 2.38. The summed E-state index contributed by atoms with van der Waals surface area (Å²) >= 11 is 0. The van der Waals surface area contributed by atoms with Gasteiger partial charge in [0, 0.05) is 37.2 Å². The number of fused-ring (bicyclic) bond motifs is 2. The summed E-state index contributed by atoms with van der Waals surface area (Å²) in [5, 5.41) is 20.4. The lowest BCUT2D eigenvalue weighted by molar-refractivity contribution is -0.385. The number of aryl methyl sites for hydroxylation is 2. The molecule has 2 aliphatic heterocycles. The highest BCUT2D eigenvalue weighted by Gasteiger charge is 2.33. The van der Waals surface area contributed by atoms with Crippen molar-refractivity contribution in [1.29, 1.82) is 0 Å². The molecule has 1 aromatic heterocycles. The third kappa shape index (κ3) is 8.53. The van der Waals surface area contributed by atoms with Crippen molar-refractivity contribution < 1.29 is 41.3 Å². The van der Waals surface area contributed by atoms with E-state index in [-0.39, 0.29) is 61.3 Å². The van der Waals surface area contributed by atoms with Gasteiger partial charge in [-0.25, -0.2) is 4.68 Å². The van der Waals surface area contributed by atoms with Crippen LogP contribution in [0, 0.1) is 24.0 Å². The maximum absolute atomic E-state index is 13.4. The summed E-state index contributed by atoms with van der Waals surface area (Å²) in [5.74, 6) is -0.323. The molecule has 2 atom stereocenters. The molecule has 0 radical (unpaired) electrons. The van der Waals surface area contributed by atoms with E-state index in [0.29, 0.717) is 36.4 Å². The highest BCUT2D eigenvalue weighted by molar-refractivity contribution is 7.84. The fraction of sp³-hybridized carbons (Fsp3) is 0.375. The molecule has 0 amide bonds. The van der Waals surface area contributed by atoms with Crippen LogP contribution < -0.4 is 8.92 Å². The first-order valence-corrected chi connectivity index (χ1v) is 19.9. The Bertz CT molecular complexity index is 2360. The second kappa shape index (κ2) is 16.8. The van der Waals surface area contributed by atoms with Crippen molar-refractivity contribution >= 4 is 33.0 Å². The van der Waals surface area contributed by atoms with Crippen LogP contribution >= 0.6 is 0 Å². The van der Waals surface area contributed by atoms with E-state index in [1.54, 1.807) is 29.8 Å². The van der Waals surface area contributed by atoms with Gasteiger partial charge in [0.2, 0.25) is 5.75 Å². The molecule has 0 bridgehead atoms. The molecule has 3 heterocycles. The Morgan fingerprint density at radius 3 is 2.70 bits per heavy atom. The van der Waals surface area contributed by atoms with E-state index in [1.807, 2.05) is 44.2 Å². The molecule has 7 rings (SSSR count). The van der Waals surface area contributed by atoms with Crippen LogP contribution in [0.5, 0.6) is 17.2 Å². The molecule has 294 valence electrons. The monoisotopic (exact) mass is 785 g/mol. The number of esters is 1. The van der Waals surface area contributed by atoms with Gasteiger partial charge >= 0.3 is 22.0 Å². The predicted octanol–water partition coefficient (Wildman–Crippen LogP) is 7.02. The lowest BCUT2D eigenvalue weighted by atomic mass is 9.84. The second-order valence-corrected chi connectivity index (χ2v) is 15.3. The Hall–Kier alpha value is -5.42. The summed E-state index contributed by atoms with van der Waals surface area (Å²) in [7, 11) is -4.20. The molecule has 16 heteroatoms. The molecule has 2 unspecified atom stereocenters. The van der Waals surface area contributed by atoms with Crippen LogP contribution in [0.25, 0.3) is 11.0 Å². The van der Waals surface area contributed by atoms with Gasteiger partial charge in [-0.1, -0.05) is 41.6 Å². The van der Waals surface area contributed by atoms with Gasteiger partial charge in [0.1, 0.15) is 17.0 Å². The zero-order valence-corrected chi connectivity index (χ0v) is 32.2. The number of nitro benzene ring substituents is 1. The van der Waals surface area contributed by atoms with Gasteiger partial charge in [-0.3, -0.25) is 14.9 Å². The second-order valence-electron chi connectivity index (χ2n) is 13.8. The fourth-order valence-corrected chi connectivity index (χ4v) is 8.21. The van der Waals surface area contributed by atoms with E-state index in [1.165, 1.54) is 28.6 Å². The SMILES string of the molecule is CCOC(=O)CC(c1ccc(C)c(CN2Cc3cc(Oc4ccccc4[N+](=O)[O-])ccc3OS2(=O)=O)c1)c1ccc2c(nnn2CCOC2CCCCO2)c1C. The first-order chi connectivity index (χ1) is 27.0. The number of nitrogens with zero attached hydrogens (tertiary/aromatic N) is 5. The normalized spacial score (nSPS) is 17.2. The van der Waals surface area contributed by atoms with E-state index in [0.717, 1.165) is 47.0 Å². The lowest BCUT2D eigenvalue weighted by Crippen LogP contribution is -2.37. The number of nitro groups is 1. The number of hydrogen-bond acceptors (Lipinski definition) is 12. The van der Waals surface area contributed by atoms with Crippen LogP contribution in [0.2, 0.25) is 0 Å². The smallest absolute Gasteiger partial charge is 0.385 e. The quantitative estimate of drug-likeness (QED) is 0.0641. The first-order valence-electron chi connectivity index (χ1n) is 18.6. The molecule has 56 heavy (non-hydrogen) atoms. The molecular formula is C40H43N5O10S. The van der Waals surface area contributed by atoms with Crippen molar-refractivity contribution in [3.05, 3.63) is 116 Å². The van der Waals surface area contributed by atoms with Gasteiger partial charge in [0.15, 0.2) is 6.29 Å². The van der Waals surface area contributed by atoms with E-state index in [4.69, 9.17) is 23.1 Å². The topological polar surface area (TPSA) is 174 Å². The van der Waals surface area contributed by atoms with Gasteiger partial charge in [-0.2, -0.15) is 12.7 Å². The maximum atomic E-state index is 13.4. The van der Waals surface area contributed by atoms with Crippen molar-refractivity contribution in [3.8, 4) is 17.2 Å². The zero-order chi connectivity index (χ0) is 39.4. The summed E-state index contributed by atoms with van der Waals surface area (Å²) in [4.78, 5) is 24.1. The van der Waals surface area contributed by atoms with Crippen LogP contribution in [0.4, 0.5) is 5.69 Å². The maximum Gasteiger partial charge on any atom is 0.385 e. The molecule has 1 saturated heterocycles. The largest absolute Gasteiger partial charge is 0.466 e.